The van der Waals surface area contributed by atoms with Gasteiger partial charge in [-0.15, -0.1) is 0 Å². The number of likely N-dealkylation sites (N-methyl/N-ethyl adjacent to an activating group) is 1. The second-order valence-electron chi connectivity index (χ2n) is 24.0. The van der Waals surface area contributed by atoms with E-state index in [0.717, 1.165) is 64.2 Å². The third kappa shape index (κ3) is 58.7. The molecule has 1 N–H and O–H groups in total. The fourth-order valence-corrected chi connectivity index (χ4v) is 10.6. The van der Waals surface area contributed by atoms with E-state index in [4.69, 9.17) is 13.8 Å². The Morgan fingerprint density at radius 2 is 0.792 bits per heavy atom. The third-order valence-corrected chi connectivity index (χ3v) is 16.0. The monoisotopic (exact) mass is 1100 g/mol. The van der Waals surface area contributed by atoms with E-state index in [-0.39, 0.29) is 31.5 Å². The summed E-state index contributed by atoms with van der Waals surface area (Å²) in [6.07, 6.45) is 69.7. The lowest BCUT2D eigenvalue weighted by Crippen LogP contribution is -2.47. The molecule has 0 fully saturated rings. The number of esters is 1. The maximum absolute atomic E-state index is 13.6. The molecule has 0 aliphatic heterocycles. The van der Waals surface area contributed by atoms with Crippen molar-refractivity contribution in [3.8, 4) is 0 Å². The summed E-state index contributed by atoms with van der Waals surface area (Å²) in [5, 5.41) is 3.04. The summed E-state index contributed by atoms with van der Waals surface area (Å²) >= 11 is 0. The summed E-state index contributed by atoms with van der Waals surface area (Å²) in [7, 11) is 1.20. The van der Waals surface area contributed by atoms with Crippen LogP contribution in [0.5, 0.6) is 0 Å². The maximum atomic E-state index is 13.6. The quantitative estimate of drug-likeness (QED) is 0.0212. The van der Waals surface area contributed by atoms with Crippen molar-refractivity contribution in [2.24, 2.45) is 0 Å². The number of rotatable bonds is 61. The van der Waals surface area contributed by atoms with Crippen molar-refractivity contribution in [3.05, 3.63) is 36.5 Å². The van der Waals surface area contributed by atoms with Gasteiger partial charge in [-0.2, -0.15) is 0 Å². The van der Waals surface area contributed by atoms with Crippen LogP contribution in [0.4, 0.5) is 0 Å². The Bertz CT molecular complexity index is 1410. The van der Waals surface area contributed by atoms with Crippen LogP contribution in [0.3, 0.4) is 0 Å². The molecule has 0 saturated heterocycles. The molecule has 0 aliphatic rings. The predicted octanol–water partition coefficient (Wildman–Crippen LogP) is 20.0. The van der Waals surface area contributed by atoms with E-state index < -0.39 is 20.0 Å². The molecule has 0 heterocycles. The molecule has 0 aromatic carbocycles. The van der Waals surface area contributed by atoms with Crippen molar-refractivity contribution in [2.45, 2.75) is 341 Å². The number of phosphoric acid groups is 1. The number of phosphoric ester groups is 1. The molecule has 0 aliphatic carbocycles. The normalized spacial score (nSPS) is 13.8. The van der Waals surface area contributed by atoms with Crippen molar-refractivity contribution >= 4 is 19.7 Å². The van der Waals surface area contributed by atoms with Gasteiger partial charge in [-0.25, -0.2) is 0 Å². The number of nitrogens with one attached hydrogen (secondary N) is 1. The highest BCUT2D eigenvalue weighted by molar-refractivity contribution is 7.45. The van der Waals surface area contributed by atoms with Crippen molar-refractivity contribution in [3.63, 3.8) is 0 Å². The van der Waals surface area contributed by atoms with Crippen LogP contribution in [-0.4, -0.2) is 69.4 Å². The highest BCUT2D eigenvalue weighted by Crippen LogP contribution is 2.38. The van der Waals surface area contributed by atoms with Gasteiger partial charge in [0, 0.05) is 12.8 Å². The van der Waals surface area contributed by atoms with E-state index in [9.17, 15) is 19.0 Å². The first-order valence-corrected chi connectivity index (χ1v) is 34.8. The molecule has 3 unspecified atom stereocenters. The minimum absolute atomic E-state index is 0.0192. The van der Waals surface area contributed by atoms with E-state index in [1.807, 2.05) is 33.3 Å². The van der Waals surface area contributed by atoms with E-state index in [1.165, 1.54) is 231 Å². The Balaban J connectivity index is 5.02. The van der Waals surface area contributed by atoms with Crippen LogP contribution < -0.4 is 10.2 Å². The van der Waals surface area contributed by atoms with Gasteiger partial charge < -0.3 is 28.5 Å². The summed E-state index contributed by atoms with van der Waals surface area (Å²) in [4.78, 5) is 40.0. The Hall–Kier alpha value is -1.77. The smallest absolute Gasteiger partial charge is 0.306 e. The van der Waals surface area contributed by atoms with Crippen molar-refractivity contribution < 1.29 is 37.3 Å². The zero-order valence-corrected chi connectivity index (χ0v) is 52.8. The number of carbonyl (C=O) groups is 2. The van der Waals surface area contributed by atoms with Gasteiger partial charge in [-0.3, -0.25) is 14.2 Å². The number of ether oxygens (including phenoxy) is 1. The van der Waals surface area contributed by atoms with Crippen LogP contribution in [0.1, 0.15) is 329 Å². The zero-order valence-electron chi connectivity index (χ0n) is 51.9. The summed E-state index contributed by atoms with van der Waals surface area (Å²) in [5.41, 5.74) is 0. The van der Waals surface area contributed by atoms with Gasteiger partial charge in [0.15, 0.2) is 0 Å². The molecule has 0 rings (SSSR count). The first-order valence-electron chi connectivity index (χ1n) is 33.3. The molecule has 0 bridgehead atoms. The van der Waals surface area contributed by atoms with Crippen molar-refractivity contribution in [1.29, 1.82) is 0 Å². The van der Waals surface area contributed by atoms with Gasteiger partial charge in [0.05, 0.1) is 33.8 Å². The minimum atomic E-state index is -4.69. The molecular weight excluding hydrogens is 976 g/mol. The Morgan fingerprint density at radius 1 is 0.455 bits per heavy atom. The van der Waals surface area contributed by atoms with E-state index in [2.05, 4.69) is 50.4 Å². The molecule has 0 spiro atoms. The average Bonchev–Trinajstić information content (AvgIpc) is 3.39. The highest BCUT2D eigenvalue weighted by atomic mass is 31.2. The highest BCUT2D eigenvalue weighted by Gasteiger charge is 2.27. The summed E-state index contributed by atoms with van der Waals surface area (Å²) < 4.78 is 30.4. The van der Waals surface area contributed by atoms with Crippen LogP contribution in [0.25, 0.3) is 0 Å². The van der Waals surface area contributed by atoms with Gasteiger partial charge in [0.25, 0.3) is 7.82 Å². The fourth-order valence-electron chi connectivity index (χ4n) is 9.91. The molecule has 0 aromatic heterocycles. The van der Waals surface area contributed by atoms with Crippen molar-refractivity contribution in [1.82, 2.24) is 5.32 Å². The van der Waals surface area contributed by atoms with E-state index in [0.29, 0.717) is 17.4 Å². The molecule has 454 valence electrons. The number of amides is 1. The van der Waals surface area contributed by atoms with Crippen LogP contribution in [-0.2, 0) is 27.9 Å². The van der Waals surface area contributed by atoms with E-state index in [1.54, 1.807) is 0 Å². The number of carbonyl (C=O) groups excluding carboxylic acids is 2. The second kappa shape index (κ2) is 57.5. The number of quaternary nitrogens is 1. The molecule has 0 aromatic rings. The first-order chi connectivity index (χ1) is 37.4. The average molecular weight is 1110 g/mol. The summed E-state index contributed by atoms with van der Waals surface area (Å²) in [6.45, 7) is 6.86. The van der Waals surface area contributed by atoms with Crippen molar-refractivity contribution in [2.75, 3.05) is 40.9 Å². The molecule has 0 radical (unpaired) electrons. The van der Waals surface area contributed by atoms with Gasteiger partial charge in [0.2, 0.25) is 5.91 Å². The van der Waals surface area contributed by atoms with Crippen LogP contribution >= 0.6 is 7.82 Å². The summed E-state index contributed by atoms with van der Waals surface area (Å²) in [6, 6.07) is -0.883. The number of hydrogen-bond donors (Lipinski definition) is 1. The molecule has 3 atom stereocenters. The number of unbranched alkanes of at least 4 members (excludes halogenated alkanes) is 41. The largest absolute Gasteiger partial charge is 0.756 e. The number of nitrogens with zero attached hydrogens (tertiary/aromatic N) is 1. The topological polar surface area (TPSA) is 114 Å². The van der Waals surface area contributed by atoms with Crippen LogP contribution in [0.2, 0.25) is 0 Å². The molecule has 77 heavy (non-hydrogen) atoms. The van der Waals surface area contributed by atoms with E-state index >= 15 is 0 Å². The second-order valence-corrected chi connectivity index (χ2v) is 25.4. The lowest BCUT2D eigenvalue weighted by Gasteiger charge is -2.30. The molecule has 0 saturated carbocycles. The fraction of sp³-hybridized carbons (Fsp3) is 0.881. The first kappa shape index (κ1) is 75.2. The van der Waals surface area contributed by atoms with Crippen LogP contribution in [0.15, 0.2) is 36.5 Å². The van der Waals surface area contributed by atoms with Gasteiger partial charge in [-0.05, 0) is 63.9 Å². The Morgan fingerprint density at radius 3 is 1.19 bits per heavy atom. The third-order valence-electron chi connectivity index (χ3n) is 15.1. The Labute approximate surface area is 478 Å². The summed E-state index contributed by atoms with van der Waals surface area (Å²) in [5.74, 6) is -0.525. The minimum Gasteiger partial charge on any atom is -0.756 e. The molecule has 10 heteroatoms. The van der Waals surface area contributed by atoms with Gasteiger partial charge >= 0.3 is 5.97 Å². The maximum Gasteiger partial charge on any atom is 0.306 e. The van der Waals surface area contributed by atoms with Gasteiger partial charge in [-0.1, -0.05) is 289 Å². The standard InChI is InChI=1S/C67H129N2O7P/c1-7-10-13-16-19-22-25-27-29-30-31-32-33-34-35-36-37-38-40-41-44-47-50-53-56-59-66(70)68-64(63-75-77(72,73)74-62-61-69(4,5)6)65(58-55-52-49-46-43-24-21-18-15-12-9-3)76-67(71)60-57-54-51-48-45-42-39-28-26-23-20-17-14-11-8-2/h19,22,27,29,55,58,64-65H,7-18,20-21,23-26,28,30-54,56-57,59-63H2,1-6H3,(H-,68,70,72,73)/b22-19-,29-27-,58-55-. The SMILES string of the molecule is CCCCC/C=C\C/C=C\CCCCCCCCCCCCCCCCCC(=O)NC(COP(=O)([O-])OCC[N+](C)(C)C)C(/C=C\CCCCCCCCCCC)OC(=O)CCCCCCCCCCCCCCCCC. The Kier molecular flexibility index (Phi) is 56.1. The zero-order chi connectivity index (χ0) is 56.4. The lowest BCUT2D eigenvalue weighted by atomic mass is 10.0. The lowest BCUT2D eigenvalue weighted by molar-refractivity contribution is -0.870. The molecular formula is C67H129N2O7P. The number of hydrogen-bond acceptors (Lipinski definition) is 7. The van der Waals surface area contributed by atoms with Crippen LogP contribution in [0, 0.1) is 0 Å². The predicted molar refractivity (Wildman–Crippen MR) is 330 cm³/mol. The number of allylic oxidation sites excluding steroid dienone is 5. The van der Waals surface area contributed by atoms with Gasteiger partial charge in [0.1, 0.15) is 19.3 Å². The molecule has 9 nitrogen and oxygen atoms in total. The molecule has 1 amide bonds.